The Hall–Kier alpha value is -1.36. The Balaban J connectivity index is 3.75. The molecule has 0 radical (unpaired) electrons. The maximum absolute atomic E-state index is 11.4. The Kier molecular flexibility index (Phi) is 4.90. The van der Waals surface area contributed by atoms with E-state index in [4.69, 9.17) is 0 Å². The summed E-state index contributed by atoms with van der Waals surface area (Å²) in [5, 5.41) is 19.0. The fourth-order valence-corrected chi connectivity index (χ4v) is 2.67. The van der Waals surface area contributed by atoms with Gasteiger partial charge in [0.15, 0.2) is 0 Å². The maximum Gasteiger partial charge on any atom is 0.336 e. The van der Waals surface area contributed by atoms with Crippen LogP contribution >= 0.6 is 15.9 Å². The zero-order chi connectivity index (χ0) is 13.9. The molecule has 0 unspecified atom stereocenters. The smallest absolute Gasteiger partial charge is 0.336 e. The van der Waals surface area contributed by atoms with E-state index in [1.54, 1.807) is 13.0 Å². The summed E-state index contributed by atoms with van der Waals surface area (Å²) in [5.41, 5.74) is 2.07. The Morgan fingerprint density at radius 2 is 1.67 bits per heavy atom. The molecule has 0 saturated carbocycles. The van der Waals surface area contributed by atoms with Crippen LogP contribution in [-0.4, -0.2) is 22.2 Å². The van der Waals surface area contributed by atoms with Crippen LogP contribution in [-0.2, 0) is 18.2 Å². The van der Waals surface area contributed by atoms with Crippen LogP contribution in [0.3, 0.4) is 0 Å². The maximum atomic E-state index is 11.4. The fourth-order valence-electron chi connectivity index (χ4n) is 2.17. The molecule has 0 aliphatic carbocycles. The third kappa shape index (κ3) is 2.56. The monoisotopic (exact) mass is 314 g/mol. The Morgan fingerprint density at radius 3 is 2.00 bits per heavy atom. The number of alkyl halides is 1. The summed E-state index contributed by atoms with van der Waals surface area (Å²) in [6, 6.07) is 1.57. The first kappa shape index (κ1) is 14.7. The number of carbonyl (C=O) groups is 2. The number of rotatable bonds is 5. The van der Waals surface area contributed by atoms with Crippen molar-refractivity contribution in [3.05, 3.63) is 33.9 Å². The summed E-state index contributed by atoms with van der Waals surface area (Å²) in [5.74, 6) is -2.15. The molecule has 0 heterocycles. The summed E-state index contributed by atoms with van der Waals surface area (Å²) in [7, 11) is 0. The van der Waals surface area contributed by atoms with Crippen molar-refractivity contribution < 1.29 is 19.8 Å². The molecule has 2 N–H and O–H groups in total. The van der Waals surface area contributed by atoms with Crippen LogP contribution < -0.4 is 0 Å². The predicted octanol–water partition coefficient (Wildman–Crippen LogP) is 3.10. The number of carboxylic acids is 2. The lowest BCUT2D eigenvalue weighted by Gasteiger charge is -2.16. The highest BCUT2D eigenvalue weighted by Crippen LogP contribution is 2.27. The lowest BCUT2D eigenvalue weighted by atomic mass is 9.89. The zero-order valence-electron chi connectivity index (χ0n) is 10.3. The Morgan fingerprint density at radius 1 is 1.11 bits per heavy atom. The topological polar surface area (TPSA) is 74.6 Å². The van der Waals surface area contributed by atoms with Gasteiger partial charge in [0.25, 0.3) is 0 Å². The minimum atomic E-state index is -1.08. The highest BCUT2D eigenvalue weighted by atomic mass is 79.9. The highest BCUT2D eigenvalue weighted by Gasteiger charge is 2.23. The van der Waals surface area contributed by atoms with E-state index >= 15 is 0 Å². The summed E-state index contributed by atoms with van der Waals surface area (Å²) >= 11 is 3.28. The molecule has 0 aliphatic rings. The number of hydrogen-bond donors (Lipinski definition) is 2. The predicted molar refractivity (Wildman–Crippen MR) is 71.7 cm³/mol. The average molecular weight is 315 g/mol. The van der Waals surface area contributed by atoms with Crippen molar-refractivity contribution in [3.63, 3.8) is 0 Å². The first-order chi connectivity index (χ1) is 8.47. The minimum Gasteiger partial charge on any atom is -0.478 e. The molecule has 0 spiro atoms. The summed E-state index contributed by atoms with van der Waals surface area (Å²) in [4.78, 5) is 22.6. The van der Waals surface area contributed by atoms with Gasteiger partial charge < -0.3 is 10.2 Å². The van der Waals surface area contributed by atoms with Crippen molar-refractivity contribution in [2.45, 2.75) is 32.0 Å². The molecular weight excluding hydrogens is 300 g/mol. The van der Waals surface area contributed by atoms with Gasteiger partial charge in [0.2, 0.25) is 0 Å². The Labute approximate surface area is 114 Å². The number of hydrogen-bond acceptors (Lipinski definition) is 2. The fraction of sp³-hybridized carbons (Fsp3) is 0.385. The second-order valence-corrected chi connectivity index (χ2v) is 4.43. The van der Waals surface area contributed by atoms with E-state index in [1.807, 2.05) is 6.92 Å². The molecule has 0 aliphatic heterocycles. The van der Waals surface area contributed by atoms with Crippen molar-refractivity contribution in [3.8, 4) is 0 Å². The molecule has 0 saturated heterocycles. The number of benzene rings is 1. The lowest BCUT2D eigenvalue weighted by molar-refractivity contribution is 0.0694. The molecule has 0 aromatic heterocycles. The van der Waals surface area contributed by atoms with Gasteiger partial charge in [0.05, 0.1) is 11.1 Å². The molecule has 4 nitrogen and oxygen atoms in total. The standard InChI is InChI=1S/C13H15BrO4/c1-3-8-7(6-14)5-10(12(15)16)9(4-2)11(8)13(17)18/h5H,3-4,6H2,1-2H3,(H,15,16)(H,17,18). The van der Waals surface area contributed by atoms with Crippen molar-refractivity contribution in [1.82, 2.24) is 0 Å². The van der Waals surface area contributed by atoms with Crippen LogP contribution in [0.2, 0.25) is 0 Å². The third-order valence-electron chi connectivity index (χ3n) is 2.93. The van der Waals surface area contributed by atoms with E-state index in [2.05, 4.69) is 15.9 Å². The van der Waals surface area contributed by atoms with Gasteiger partial charge in [-0.15, -0.1) is 0 Å². The van der Waals surface area contributed by atoms with Crippen LogP contribution in [0.5, 0.6) is 0 Å². The van der Waals surface area contributed by atoms with Gasteiger partial charge in [-0.25, -0.2) is 9.59 Å². The Bertz CT molecular complexity index is 494. The van der Waals surface area contributed by atoms with E-state index in [0.717, 1.165) is 5.56 Å². The van der Waals surface area contributed by atoms with Crippen molar-refractivity contribution >= 4 is 27.9 Å². The van der Waals surface area contributed by atoms with Crippen molar-refractivity contribution in [1.29, 1.82) is 0 Å². The van der Waals surface area contributed by atoms with Gasteiger partial charge in [-0.3, -0.25) is 0 Å². The van der Waals surface area contributed by atoms with Crippen LogP contribution in [0, 0.1) is 0 Å². The highest BCUT2D eigenvalue weighted by molar-refractivity contribution is 9.08. The molecule has 0 amide bonds. The second-order valence-electron chi connectivity index (χ2n) is 3.87. The van der Waals surface area contributed by atoms with E-state index in [1.165, 1.54) is 0 Å². The molecule has 0 atom stereocenters. The largest absolute Gasteiger partial charge is 0.478 e. The van der Waals surface area contributed by atoms with Crippen LogP contribution in [0.1, 0.15) is 51.3 Å². The number of aromatic carboxylic acids is 2. The first-order valence-electron chi connectivity index (χ1n) is 5.67. The van der Waals surface area contributed by atoms with Crippen molar-refractivity contribution in [2.24, 2.45) is 0 Å². The second kappa shape index (κ2) is 6.00. The SMILES string of the molecule is CCc1c(CBr)cc(C(=O)O)c(CC)c1C(=O)O. The van der Waals surface area contributed by atoms with Crippen LogP contribution in [0.15, 0.2) is 6.07 Å². The quantitative estimate of drug-likeness (QED) is 0.819. The third-order valence-corrected chi connectivity index (χ3v) is 3.53. The molecular formula is C13H15BrO4. The van der Waals surface area contributed by atoms with E-state index in [-0.39, 0.29) is 11.1 Å². The van der Waals surface area contributed by atoms with Gasteiger partial charge in [-0.1, -0.05) is 29.8 Å². The van der Waals surface area contributed by atoms with Gasteiger partial charge in [-0.05, 0) is 35.6 Å². The van der Waals surface area contributed by atoms with Gasteiger partial charge >= 0.3 is 11.9 Å². The normalized spacial score (nSPS) is 10.4. The molecule has 18 heavy (non-hydrogen) atoms. The molecule has 1 aromatic carbocycles. The molecule has 0 bridgehead atoms. The van der Waals surface area contributed by atoms with Crippen LogP contribution in [0.4, 0.5) is 0 Å². The van der Waals surface area contributed by atoms with E-state index < -0.39 is 11.9 Å². The summed E-state index contributed by atoms with van der Waals surface area (Å²) in [6.45, 7) is 3.63. The minimum absolute atomic E-state index is 0.0848. The molecule has 1 rings (SSSR count). The van der Waals surface area contributed by atoms with E-state index in [9.17, 15) is 19.8 Å². The number of carboxylic acid groups (broad SMARTS) is 2. The van der Waals surface area contributed by atoms with Gasteiger partial charge in [0, 0.05) is 5.33 Å². The number of halogens is 1. The lowest BCUT2D eigenvalue weighted by Crippen LogP contribution is -2.14. The van der Waals surface area contributed by atoms with E-state index in [0.29, 0.717) is 29.3 Å². The summed E-state index contributed by atoms with van der Waals surface area (Å²) < 4.78 is 0. The van der Waals surface area contributed by atoms with Crippen LogP contribution in [0.25, 0.3) is 0 Å². The summed E-state index contributed by atoms with van der Waals surface area (Å²) in [6.07, 6.45) is 0.953. The first-order valence-corrected chi connectivity index (χ1v) is 6.80. The van der Waals surface area contributed by atoms with Gasteiger partial charge in [0.1, 0.15) is 0 Å². The van der Waals surface area contributed by atoms with Crippen molar-refractivity contribution in [2.75, 3.05) is 0 Å². The van der Waals surface area contributed by atoms with Gasteiger partial charge in [-0.2, -0.15) is 0 Å². The molecule has 98 valence electrons. The molecule has 0 fully saturated rings. The average Bonchev–Trinajstić information content (AvgIpc) is 2.35. The molecule has 1 aromatic rings. The zero-order valence-corrected chi connectivity index (χ0v) is 11.9. The molecule has 5 heteroatoms.